The number of fused-ring (bicyclic) bond motifs is 4. The maximum Gasteiger partial charge on any atom is 0.408 e. The lowest BCUT2D eigenvalue weighted by molar-refractivity contribution is -0.254. The van der Waals surface area contributed by atoms with Gasteiger partial charge in [0.15, 0.2) is 6.29 Å². The molecule has 9 rings (SSSR count). The number of hydrogen-bond acceptors (Lipinski definition) is 9. The average molecular weight is 658 g/mol. The van der Waals surface area contributed by atoms with E-state index < -0.39 is 17.2 Å². The number of carbonyl (C=O) groups excluding carboxylic acids is 1. The number of carbonyl (C=O) groups is 1. The number of rotatable bonds is 4. The first-order valence-corrected chi connectivity index (χ1v) is 18.9. The molecule has 4 saturated heterocycles. The van der Waals surface area contributed by atoms with E-state index in [4.69, 9.17) is 29.4 Å². The summed E-state index contributed by atoms with van der Waals surface area (Å²) in [6.45, 7) is 17.7. The zero-order valence-corrected chi connectivity index (χ0v) is 29.5. The Morgan fingerprint density at radius 1 is 1.02 bits per heavy atom. The molecular weight excluding hydrogens is 598 g/mol. The van der Waals surface area contributed by atoms with Gasteiger partial charge in [0.1, 0.15) is 5.60 Å². The van der Waals surface area contributed by atoms with Gasteiger partial charge >= 0.3 is 6.09 Å². The smallest absolute Gasteiger partial charge is 0.408 e. The summed E-state index contributed by atoms with van der Waals surface area (Å²) in [6, 6.07) is 0.255. The number of ether oxygens (including phenoxy) is 5. The minimum Gasteiger partial charge on any atom is -0.441 e. The minimum atomic E-state index is -0.736. The molecule has 4 N–H and O–H groups in total. The Labute approximate surface area is 280 Å². The van der Waals surface area contributed by atoms with Crippen molar-refractivity contribution in [2.24, 2.45) is 51.1 Å². The van der Waals surface area contributed by atoms with Gasteiger partial charge in [0.2, 0.25) is 0 Å². The van der Waals surface area contributed by atoms with Gasteiger partial charge < -0.3 is 39.8 Å². The van der Waals surface area contributed by atoms with E-state index in [0.717, 1.165) is 65.0 Å². The van der Waals surface area contributed by atoms with Gasteiger partial charge in [-0.05, 0) is 111 Å². The third-order valence-corrected chi connectivity index (χ3v) is 16.5. The summed E-state index contributed by atoms with van der Waals surface area (Å²) in [5.41, 5.74) is 6.73. The van der Waals surface area contributed by atoms with Crippen molar-refractivity contribution >= 4 is 6.09 Å². The molecule has 0 bridgehead atoms. The summed E-state index contributed by atoms with van der Waals surface area (Å²) < 4.78 is 31.1. The van der Waals surface area contributed by atoms with Crippen molar-refractivity contribution in [3.8, 4) is 0 Å². The molecule has 5 aliphatic carbocycles. The zero-order chi connectivity index (χ0) is 32.9. The van der Waals surface area contributed by atoms with Gasteiger partial charge in [0.25, 0.3) is 0 Å². The van der Waals surface area contributed by atoms with Crippen molar-refractivity contribution < 1.29 is 33.6 Å². The summed E-state index contributed by atoms with van der Waals surface area (Å²) in [7, 11) is 0. The predicted octanol–water partition coefficient (Wildman–Crippen LogP) is 3.82. The molecule has 9 fully saturated rings. The molecule has 4 aliphatic heterocycles. The lowest BCUT2D eigenvalue weighted by Gasteiger charge is -2.63. The van der Waals surface area contributed by atoms with E-state index in [9.17, 15) is 9.90 Å². The number of nitrogens with zero attached hydrogens (tertiary/aromatic N) is 1. The highest BCUT2D eigenvalue weighted by Crippen LogP contribution is 2.87. The van der Waals surface area contributed by atoms with E-state index in [0.29, 0.717) is 17.9 Å². The van der Waals surface area contributed by atoms with Gasteiger partial charge in [-0.1, -0.05) is 27.7 Å². The van der Waals surface area contributed by atoms with Crippen molar-refractivity contribution in [3.05, 3.63) is 0 Å². The highest BCUT2D eigenvalue weighted by molar-refractivity contribution is 5.71. The predicted molar refractivity (Wildman–Crippen MR) is 173 cm³/mol. The van der Waals surface area contributed by atoms with E-state index in [2.05, 4.69) is 37.9 Å². The summed E-state index contributed by atoms with van der Waals surface area (Å²) in [5.74, 6) is 1.36. The second-order valence-corrected chi connectivity index (χ2v) is 18.9. The molecule has 4 heterocycles. The van der Waals surface area contributed by atoms with Crippen molar-refractivity contribution in [3.63, 3.8) is 0 Å². The molecular formula is C37H59N3O7. The quantitative estimate of drug-likeness (QED) is 0.414. The van der Waals surface area contributed by atoms with E-state index in [1.165, 1.54) is 19.3 Å². The highest BCUT2D eigenvalue weighted by Gasteiger charge is 2.85. The number of cyclic esters (lactones) is 1. The number of alkyl carbamates (subject to hydrolysis) is 1. The number of amides is 1. The summed E-state index contributed by atoms with van der Waals surface area (Å²) in [4.78, 5) is 14.7. The Kier molecular flexibility index (Phi) is 6.84. The van der Waals surface area contributed by atoms with Crippen LogP contribution in [0, 0.1) is 45.3 Å². The summed E-state index contributed by atoms with van der Waals surface area (Å²) >= 11 is 0. The van der Waals surface area contributed by atoms with E-state index in [1.807, 2.05) is 13.8 Å². The van der Waals surface area contributed by atoms with Crippen LogP contribution in [0.2, 0.25) is 0 Å². The second-order valence-electron chi connectivity index (χ2n) is 18.9. The van der Waals surface area contributed by atoms with E-state index in [-0.39, 0.29) is 70.2 Å². The molecule has 264 valence electrons. The van der Waals surface area contributed by atoms with Gasteiger partial charge in [-0.2, -0.15) is 0 Å². The standard InChI is InChI=1S/C37H59N3O7/c1-20-15-22(29-33(4,5)47-31(42)39-29)45-28-27(20)34(6)11-12-36-19-35(36)10-9-25(46-26-16-40(13-14-44-26)21-17-43-18-21)32(2,3)23(35)7-8-24(36)37(34,38)30(28)41/h20-30,41H,7-19,38H2,1-6H3,(H,39,42)/t20-,22?,23+,24?,25?,26?,27+,28?,29?,30+,34?,35?,36?,37+/m1/s1. The normalized spacial score (nSPS) is 56.1. The lowest BCUT2D eigenvalue weighted by atomic mass is 9.43. The number of aliphatic hydroxyl groups excluding tert-OH is 1. The first kappa shape index (κ1) is 31.9. The molecule has 9 aliphatic rings. The summed E-state index contributed by atoms with van der Waals surface area (Å²) in [5, 5.41) is 15.5. The Morgan fingerprint density at radius 2 is 1.77 bits per heavy atom. The highest BCUT2D eigenvalue weighted by atomic mass is 16.7. The number of nitrogens with one attached hydrogen (secondary N) is 1. The van der Waals surface area contributed by atoms with Crippen molar-refractivity contribution in [2.45, 2.75) is 147 Å². The molecule has 47 heavy (non-hydrogen) atoms. The molecule has 5 saturated carbocycles. The fourth-order valence-corrected chi connectivity index (χ4v) is 14.2. The van der Waals surface area contributed by atoms with Crippen molar-refractivity contribution in [1.82, 2.24) is 10.2 Å². The second kappa shape index (κ2) is 10.1. The fourth-order valence-electron chi connectivity index (χ4n) is 14.2. The van der Waals surface area contributed by atoms with Gasteiger partial charge in [0, 0.05) is 6.54 Å². The molecule has 0 aromatic heterocycles. The Balaban J connectivity index is 0.956. The number of nitrogens with two attached hydrogens (primary N) is 1. The fraction of sp³-hybridized carbons (Fsp3) is 0.973. The molecule has 1 amide bonds. The maximum absolute atomic E-state index is 12.5. The topological polar surface area (TPSA) is 125 Å². The van der Waals surface area contributed by atoms with Crippen LogP contribution >= 0.6 is 0 Å². The molecule has 10 heteroatoms. The van der Waals surface area contributed by atoms with Crippen LogP contribution in [0.1, 0.15) is 92.9 Å². The van der Waals surface area contributed by atoms with Crippen LogP contribution in [0.5, 0.6) is 0 Å². The van der Waals surface area contributed by atoms with E-state index in [1.54, 1.807) is 0 Å². The van der Waals surface area contributed by atoms with Gasteiger partial charge in [-0.15, -0.1) is 0 Å². The Hall–Kier alpha value is -1.01. The Bertz CT molecular complexity index is 1310. The van der Waals surface area contributed by atoms with Gasteiger partial charge in [-0.3, -0.25) is 4.90 Å². The first-order chi connectivity index (χ1) is 22.2. The molecule has 10 nitrogen and oxygen atoms in total. The molecule has 14 atom stereocenters. The number of aliphatic hydroxyl groups is 1. The van der Waals surface area contributed by atoms with Gasteiger partial charge in [-0.25, -0.2) is 4.79 Å². The molecule has 0 aromatic rings. The van der Waals surface area contributed by atoms with Crippen LogP contribution in [-0.4, -0.2) is 103 Å². The monoisotopic (exact) mass is 657 g/mol. The van der Waals surface area contributed by atoms with Crippen LogP contribution in [0.25, 0.3) is 0 Å². The molecule has 9 unspecified atom stereocenters. The van der Waals surface area contributed by atoms with Crippen LogP contribution in [0.4, 0.5) is 4.79 Å². The van der Waals surface area contributed by atoms with E-state index >= 15 is 0 Å². The Morgan fingerprint density at radius 3 is 2.47 bits per heavy atom. The zero-order valence-electron chi connectivity index (χ0n) is 29.5. The first-order valence-electron chi connectivity index (χ1n) is 18.9. The minimum absolute atomic E-state index is 0.0359. The molecule has 0 aromatic carbocycles. The average Bonchev–Trinajstić information content (AvgIpc) is 3.50. The van der Waals surface area contributed by atoms with Crippen LogP contribution < -0.4 is 11.1 Å². The van der Waals surface area contributed by atoms with Crippen molar-refractivity contribution in [1.29, 1.82) is 0 Å². The van der Waals surface area contributed by atoms with Crippen molar-refractivity contribution in [2.75, 3.05) is 32.9 Å². The SMILES string of the molecule is C[C@@H]1CC(C2NC(=O)OC2(C)C)OC2[C@H]1C1(C)CCC34CC35CCC(OC3CN(C6COC6)CCO3)C(C)(C)[C@@H]5CCC4[C@]1(N)[C@H]2O. The van der Waals surface area contributed by atoms with Gasteiger partial charge in [0.05, 0.1) is 68.4 Å². The van der Waals surface area contributed by atoms with Crippen LogP contribution in [0.3, 0.4) is 0 Å². The van der Waals surface area contributed by atoms with Crippen LogP contribution in [-0.2, 0) is 23.7 Å². The number of morpholine rings is 1. The van der Waals surface area contributed by atoms with Crippen LogP contribution in [0.15, 0.2) is 0 Å². The largest absolute Gasteiger partial charge is 0.441 e. The lowest BCUT2D eigenvalue weighted by Crippen LogP contribution is -2.70. The third-order valence-electron chi connectivity index (χ3n) is 16.5. The third kappa shape index (κ3) is 4.01. The maximum atomic E-state index is 12.5. The summed E-state index contributed by atoms with van der Waals surface area (Å²) in [6.07, 6.45) is 7.03. The number of hydrogen-bond donors (Lipinski definition) is 3. The molecule has 0 radical (unpaired) electrons. The molecule has 2 spiro atoms.